The van der Waals surface area contributed by atoms with Gasteiger partial charge in [-0.1, -0.05) is 39.8 Å². The molecule has 0 spiro atoms. The largest absolute Gasteiger partial charge is 0.463 e. The zero-order valence-electron chi connectivity index (χ0n) is 15.3. The Hall–Kier alpha value is -2.32. The molecular weight excluding hydrogens is 444 g/mol. The minimum Gasteiger partial charge on any atom is -0.463 e. The lowest BCUT2D eigenvalue weighted by Crippen LogP contribution is -2.39. The van der Waals surface area contributed by atoms with Crippen molar-refractivity contribution in [1.29, 1.82) is 0 Å². The number of hydrogen-bond acceptors (Lipinski definition) is 6. The highest BCUT2D eigenvalue weighted by Gasteiger charge is 2.44. The second-order valence-corrected chi connectivity index (χ2v) is 8.14. The van der Waals surface area contributed by atoms with Crippen LogP contribution in [-0.2, 0) is 14.3 Å². The lowest BCUT2D eigenvalue weighted by Gasteiger charge is -2.31. The van der Waals surface area contributed by atoms with Crippen LogP contribution in [0, 0.1) is 0 Å². The van der Waals surface area contributed by atoms with Gasteiger partial charge in [-0.3, -0.25) is 9.69 Å². The summed E-state index contributed by atoms with van der Waals surface area (Å²) in [5.41, 5.74) is 1.77. The molecule has 0 unspecified atom stereocenters. The Morgan fingerprint density at radius 3 is 2.79 bits per heavy atom. The van der Waals surface area contributed by atoms with E-state index in [-0.39, 0.29) is 12.5 Å². The highest BCUT2D eigenvalue weighted by atomic mass is 79.9. The predicted octanol–water partition coefficient (Wildman–Crippen LogP) is 4.53. The number of thioether (sulfide) groups is 1. The van der Waals surface area contributed by atoms with Crippen molar-refractivity contribution in [3.63, 3.8) is 0 Å². The van der Waals surface area contributed by atoms with Gasteiger partial charge in [0.05, 0.1) is 23.6 Å². The van der Waals surface area contributed by atoms with E-state index in [2.05, 4.69) is 20.9 Å². The van der Waals surface area contributed by atoms with Crippen LogP contribution in [0.3, 0.4) is 0 Å². The number of benzene rings is 1. The lowest BCUT2D eigenvalue weighted by atomic mass is 10.00. The van der Waals surface area contributed by atoms with Gasteiger partial charge in [-0.25, -0.2) is 9.79 Å². The van der Waals surface area contributed by atoms with Crippen LogP contribution < -0.4 is 0 Å². The summed E-state index contributed by atoms with van der Waals surface area (Å²) < 4.78 is 12.3. The number of hydrogen-bond donors (Lipinski definition) is 0. The Kier molecular flexibility index (Phi) is 5.16. The molecule has 0 N–H and O–H groups in total. The van der Waals surface area contributed by atoms with E-state index in [4.69, 9.17) is 9.15 Å². The van der Waals surface area contributed by atoms with E-state index < -0.39 is 12.0 Å². The quantitative estimate of drug-likeness (QED) is 0.626. The third-order valence-corrected chi connectivity index (χ3v) is 5.97. The first-order chi connectivity index (χ1) is 13.5. The number of fused-ring (bicyclic) bond motifs is 1. The molecule has 144 valence electrons. The number of ether oxygens (including phenoxy) is 1. The number of carbonyl (C=O) groups is 2. The summed E-state index contributed by atoms with van der Waals surface area (Å²) in [5, 5.41) is 0.585. The minimum atomic E-state index is -0.682. The van der Waals surface area contributed by atoms with Crippen LogP contribution in [0.2, 0.25) is 0 Å². The number of carbonyl (C=O) groups excluding carboxylic acids is 2. The summed E-state index contributed by atoms with van der Waals surface area (Å²) in [6, 6.07) is 10.7. The molecule has 1 aromatic carbocycles. The summed E-state index contributed by atoms with van der Waals surface area (Å²) in [4.78, 5) is 31.2. The normalized spacial score (nSPS) is 19.0. The molecule has 4 rings (SSSR count). The van der Waals surface area contributed by atoms with E-state index in [1.54, 1.807) is 19.9 Å². The molecule has 6 nitrogen and oxygen atoms in total. The molecule has 2 aliphatic heterocycles. The van der Waals surface area contributed by atoms with E-state index in [9.17, 15) is 9.59 Å². The van der Waals surface area contributed by atoms with Gasteiger partial charge in [-0.05, 0) is 38.1 Å². The average molecular weight is 461 g/mol. The number of esters is 1. The fraction of sp³-hybridized carbons (Fsp3) is 0.250. The van der Waals surface area contributed by atoms with Gasteiger partial charge in [0, 0.05) is 10.0 Å². The molecule has 8 heteroatoms. The third kappa shape index (κ3) is 3.31. The SMILES string of the molecule is CCOC(=O)C1=C(C)N=C2SCC(=O)N2[C@@H]1c1ccc(-c2ccc(Br)cc2)o1. The second kappa shape index (κ2) is 7.60. The van der Waals surface area contributed by atoms with Crippen LogP contribution in [0.4, 0.5) is 0 Å². The minimum absolute atomic E-state index is 0.107. The van der Waals surface area contributed by atoms with E-state index in [1.807, 2.05) is 30.3 Å². The van der Waals surface area contributed by atoms with E-state index in [0.29, 0.717) is 33.7 Å². The van der Waals surface area contributed by atoms with Crippen LogP contribution in [0.15, 0.2) is 61.6 Å². The van der Waals surface area contributed by atoms with E-state index in [0.717, 1.165) is 10.0 Å². The molecule has 0 aliphatic carbocycles. The molecule has 0 radical (unpaired) electrons. The Balaban J connectivity index is 1.78. The van der Waals surface area contributed by atoms with Crippen LogP contribution in [0.1, 0.15) is 25.6 Å². The van der Waals surface area contributed by atoms with E-state index >= 15 is 0 Å². The highest BCUT2D eigenvalue weighted by molar-refractivity contribution is 9.10. The monoisotopic (exact) mass is 460 g/mol. The zero-order valence-corrected chi connectivity index (χ0v) is 17.7. The number of aliphatic imine (C=N–C) groups is 1. The maximum absolute atomic E-state index is 12.7. The van der Waals surface area contributed by atoms with Crippen LogP contribution in [-0.4, -0.2) is 34.3 Å². The molecule has 0 saturated carbocycles. The van der Waals surface area contributed by atoms with Crippen molar-refractivity contribution in [2.45, 2.75) is 19.9 Å². The molecule has 3 heterocycles. The maximum Gasteiger partial charge on any atom is 0.338 e. The predicted molar refractivity (Wildman–Crippen MR) is 111 cm³/mol. The lowest BCUT2D eigenvalue weighted by molar-refractivity contribution is -0.139. The fourth-order valence-electron chi connectivity index (χ4n) is 3.25. The van der Waals surface area contributed by atoms with Crippen LogP contribution in [0.5, 0.6) is 0 Å². The number of allylic oxidation sites excluding steroid dienone is 1. The number of amidine groups is 1. The molecule has 1 saturated heterocycles. The summed E-state index contributed by atoms with van der Waals surface area (Å²) in [5.74, 6) is 0.859. The van der Waals surface area contributed by atoms with E-state index in [1.165, 1.54) is 16.7 Å². The first kappa shape index (κ1) is 19.0. The molecule has 1 fully saturated rings. The number of furan rings is 1. The zero-order chi connectivity index (χ0) is 19.8. The van der Waals surface area contributed by atoms with Crippen LogP contribution >= 0.6 is 27.7 Å². The van der Waals surface area contributed by atoms with Crippen molar-refractivity contribution in [2.75, 3.05) is 12.4 Å². The Bertz CT molecular complexity index is 1010. The summed E-state index contributed by atoms with van der Waals surface area (Å²) in [7, 11) is 0. The van der Waals surface area contributed by atoms with Gasteiger partial charge in [-0.15, -0.1) is 0 Å². The van der Waals surface area contributed by atoms with Gasteiger partial charge < -0.3 is 9.15 Å². The number of nitrogens with zero attached hydrogens (tertiary/aromatic N) is 2. The first-order valence-electron chi connectivity index (χ1n) is 8.76. The highest BCUT2D eigenvalue weighted by Crippen LogP contribution is 2.42. The maximum atomic E-state index is 12.7. The van der Waals surface area contributed by atoms with Crippen molar-refractivity contribution < 1.29 is 18.7 Å². The van der Waals surface area contributed by atoms with Crippen molar-refractivity contribution in [3.05, 3.63) is 57.9 Å². The molecule has 1 aromatic heterocycles. The van der Waals surface area contributed by atoms with Gasteiger partial charge in [0.25, 0.3) is 0 Å². The Morgan fingerprint density at radius 1 is 1.32 bits per heavy atom. The van der Waals surface area contributed by atoms with Gasteiger partial charge in [0.2, 0.25) is 5.91 Å². The molecule has 28 heavy (non-hydrogen) atoms. The molecular formula is C20H17BrN2O4S. The Morgan fingerprint density at radius 2 is 2.07 bits per heavy atom. The van der Waals surface area contributed by atoms with Crippen molar-refractivity contribution >= 4 is 44.7 Å². The Labute approximate surface area is 174 Å². The van der Waals surface area contributed by atoms with Crippen molar-refractivity contribution in [2.24, 2.45) is 4.99 Å². The van der Waals surface area contributed by atoms with Crippen LogP contribution in [0.25, 0.3) is 11.3 Å². The fourth-order valence-corrected chi connectivity index (χ4v) is 4.45. The number of halogens is 1. The molecule has 0 bridgehead atoms. The topological polar surface area (TPSA) is 72.1 Å². The standard InChI is InChI=1S/C20H17BrN2O4S/c1-3-26-19(25)17-11(2)22-20-23(16(24)10-28-20)18(17)15-9-8-14(27-15)12-4-6-13(21)7-5-12/h4-9,18H,3,10H2,1-2H3/t18-/m1/s1. The third-order valence-electron chi connectivity index (χ3n) is 4.50. The molecule has 2 aromatic rings. The van der Waals surface area contributed by atoms with Crippen molar-refractivity contribution in [3.8, 4) is 11.3 Å². The summed E-state index contributed by atoms with van der Waals surface area (Å²) in [6.07, 6.45) is 0. The van der Waals surface area contributed by atoms with Gasteiger partial charge in [0.15, 0.2) is 5.17 Å². The van der Waals surface area contributed by atoms with Gasteiger partial charge in [0.1, 0.15) is 17.6 Å². The van der Waals surface area contributed by atoms with Gasteiger partial charge >= 0.3 is 5.97 Å². The molecule has 2 aliphatic rings. The molecule has 1 atom stereocenters. The number of amides is 1. The molecule has 1 amide bonds. The first-order valence-corrected chi connectivity index (χ1v) is 10.5. The number of rotatable bonds is 4. The van der Waals surface area contributed by atoms with Gasteiger partial charge in [-0.2, -0.15) is 0 Å². The summed E-state index contributed by atoms with van der Waals surface area (Å²) in [6.45, 7) is 3.74. The average Bonchev–Trinajstić information content (AvgIpc) is 3.29. The smallest absolute Gasteiger partial charge is 0.338 e. The second-order valence-electron chi connectivity index (χ2n) is 6.28. The van der Waals surface area contributed by atoms with Crippen molar-refractivity contribution in [1.82, 2.24) is 4.90 Å². The summed E-state index contributed by atoms with van der Waals surface area (Å²) >= 11 is 4.78.